The molecule has 1 saturated heterocycles. The molecule has 5 heteroatoms. The SMILES string of the molecule is O=C(CCc1csc(-c2ccc(F)cc2)n1)N1CCCCC1. The molecule has 1 aliphatic rings. The van der Waals surface area contributed by atoms with E-state index in [0.29, 0.717) is 12.8 Å². The first-order chi connectivity index (χ1) is 10.7. The van der Waals surface area contributed by atoms with Crippen molar-refractivity contribution in [1.29, 1.82) is 0 Å². The molecule has 1 fully saturated rings. The predicted molar refractivity (Wildman–Crippen MR) is 86.3 cm³/mol. The van der Waals surface area contributed by atoms with Gasteiger partial charge in [0.15, 0.2) is 0 Å². The van der Waals surface area contributed by atoms with Gasteiger partial charge in [0.05, 0.1) is 5.69 Å². The van der Waals surface area contributed by atoms with Crippen LogP contribution < -0.4 is 0 Å². The van der Waals surface area contributed by atoms with Gasteiger partial charge >= 0.3 is 0 Å². The zero-order chi connectivity index (χ0) is 15.4. The fourth-order valence-electron chi connectivity index (χ4n) is 2.68. The quantitative estimate of drug-likeness (QED) is 0.857. The highest BCUT2D eigenvalue weighted by Gasteiger charge is 2.16. The Morgan fingerprint density at radius 3 is 2.64 bits per heavy atom. The summed E-state index contributed by atoms with van der Waals surface area (Å²) in [6.07, 6.45) is 4.67. The summed E-state index contributed by atoms with van der Waals surface area (Å²) in [5.41, 5.74) is 1.86. The zero-order valence-corrected chi connectivity index (χ0v) is 13.2. The Morgan fingerprint density at radius 1 is 1.18 bits per heavy atom. The molecule has 1 amide bonds. The standard InChI is InChI=1S/C17H19FN2OS/c18-14-6-4-13(5-7-14)17-19-15(12-22-17)8-9-16(21)20-10-2-1-3-11-20/h4-7,12H,1-3,8-11H2. The van der Waals surface area contributed by atoms with Gasteiger partial charge in [-0.15, -0.1) is 11.3 Å². The fraction of sp³-hybridized carbons (Fsp3) is 0.412. The molecule has 0 spiro atoms. The van der Waals surface area contributed by atoms with E-state index < -0.39 is 0 Å². The number of carbonyl (C=O) groups excluding carboxylic acids is 1. The minimum absolute atomic E-state index is 0.232. The Labute approximate surface area is 133 Å². The molecule has 0 atom stereocenters. The Hall–Kier alpha value is -1.75. The van der Waals surface area contributed by atoms with Crippen molar-refractivity contribution in [3.63, 3.8) is 0 Å². The van der Waals surface area contributed by atoms with E-state index in [1.54, 1.807) is 12.1 Å². The van der Waals surface area contributed by atoms with Crippen LogP contribution in [-0.4, -0.2) is 28.9 Å². The van der Waals surface area contributed by atoms with Crippen LogP contribution in [0.5, 0.6) is 0 Å². The van der Waals surface area contributed by atoms with E-state index in [4.69, 9.17) is 0 Å². The Bertz CT molecular complexity index is 632. The number of aromatic nitrogens is 1. The van der Waals surface area contributed by atoms with Crippen LogP contribution in [0.15, 0.2) is 29.6 Å². The minimum Gasteiger partial charge on any atom is -0.343 e. The molecule has 22 heavy (non-hydrogen) atoms. The maximum Gasteiger partial charge on any atom is 0.222 e. The summed E-state index contributed by atoms with van der Waals surface area (Å²) >= 11 is 1.54. The van der Waals surface area contributed by atoms with Gasteiger partial charge in [0.1, 0.15) is 10.8 Å². The second-order valence-electron chi connectivity index (χ2n) is 5.59. The van der Waals surface area contributed by atoms with Crippen LogP contribution in [0.4, 0.5) is 4.39 Å². The number of rotatable bonds is 4. The topological polar surface area (TPSA) is 33.2 Å². The lowest BCUT2D eigenvalue weighted by Crippen LogP contribution is -2.35. The number of nitrogens with zero attached hydrogens (tertiary/aromatic N) is 2. The highest BCUT2D eigenvalue weighted by atomic mass is 32.1. The van der Waals surface area contributed by atoms with Crippen LogP contribution in [-0.2, 0) is 11.2 Å². The first-order valence-electron chi connectivity index (χ1n) is 7.70. The highest BCUT2D eigenvalue weighted by Crippen LogP contribution is 2.24. The first kappa shape index (κ1) is 15.2. The van der Waals surface area contributed by atoms with Crippen LogP contribution in [0.1, 0.15) is 31.4 Å². The van der Waals surface area contributed by atoms with Crippen molar-refractivity contribution in [2.45, 2.75) is 32.1 Å². The number of carbonyl (C=O) groups is 1. The predicted octanol–water partition coefficient (Wildman–Crippen LogP) is 3.89. The van der Waals surface area contributed by atoms with E-state index in [9.17, 15) is 9.18 Å². The van der Waals surface area contributed by atoms with E-state index in [-0.39, 0.29) is 11.7 Å². The largest absolute Gasteiger partial charge is 0.343 e. The number of likely N-dealkylation sites (tertiary alicyclic amines) is 1. The van der Waals surface area contributed by atoms with Gasteiger partial charge in [0.25, 0.3) is 0 Å². The normalized spacial score (nSPS) is 15.0. The van der Waals surface area contributed by atoms with E-state index in [2.05, 4.69) is 4.98 Å². The third-order valence-electron chi connectivity index (χ3n) is 3.95. The number of hydrogen-bond acceptors (Lipinski definition) is 3. The molecule has 1 aliphatic heterocycles. The minimum atomic E-state index is -0.243. The number of piperidine rings is 1. The summed E-state index contributed by atoms with van der Waals surface area (Å²) in [7, 11) is 0. The Kier molecular flexibility index (Phi) is 4.83. The number of halogens is 1. The molecule has 1 aromatic heterocycles. The number of amides is 1. The van der Waals surface area contributed by atoms with E-state index in [1.807, 2.05) is 10.3 Å². The van der Waals surface area contributed by atoms with Crippen LogP contribution in [0.25, 0.3) is 10.6 Å². The highest BCUT2D eigenvalue weighted by molar-refractivity contribution is 7.13. The van der Waals surface area contributed by atoms with Crippen molar-refractivity contribution in [1.82, 2.24) is 9.88 Å². The molecule has 0 aliphatic carbocycles. The molecule has 3 rings (SSSR count). The average Bonchev–Trinajstić information content (AvgIpc) is 3.03. The van der Waals surface area contributed by atoms with Crippen LogP contribution in [0, 0.1) is 5.82 Å². The van der Waals surface area contributed by atoms with Crippen LogP contribution >= 0.6 is 11.3 Å². The summed E-state index contributed by atoms with van der Waals surface area (Å²) in [4.78, 5) is 18.7. The van der Waals surface area contributed by atoms with E-state index in [1.165, 1.54) is 29.9 Å². The second-order valence-corrected chi connectivity index (χ2v) is 6.45. The summed E-state index contributed by atoms with van der Waals surface area (Å²) in [5.74, 6) is -0.0105. The lowest BCUT2D eigenvalue weighted by molar-refractivity contribution is -0.132. The fourth-order valence-corrected chi connectivity index (χ4v) is 3.54. The molecule has 2 heterocycles. The Balaban J connectivity index is 1.57. The molecule has 1 aromatic carbocycles. The first-order valence-corrected chi connectivity index (χ1v) is 8.58. The maximum absolute atomic E-state index is 12.9. The zero-order valence-electron chi connectivity index (χ0n) is 12.4. The molecule has 0 N–H and O–H groups in total. The van der Waals surface area contributed by atoms with Crippen molar-refractivity contribution in [3.05, 3.63) is 41.2 Å². The lowest BCUT2D eigenvalue weighted by Gasteiger charge is -2.26. The molecule has 0 saturated carbocycles. The molecular weight excluding hydrogens is 299 g/mol. The molecule has 3 nitrogen and oxygen atoms in total. The number of hydrogen-bond donors (Lipinski definition) is 0. The summed E-state index contributed by atoms with van der Waals surface area (Å²) < 4.78 is 12.9. The van der Waals surface area contributed by atoms with Gasteiger partial charge in [-0.2, -0.15) is 0 Å². The average molecular weight is 318 g/mol. The van der Waals surface area contributed by atoms with Gasteiger partial charge in [-0.25, -0.2) is 9.37 Å². The number of benzene rings is 1. The number of thiazole rings is 1. The number of aryl methyl sites for hydroxylation is 1. The lowest BCUT2D eigenvalue weighted by atomic mass is 10.1. The molecule has 0 unspecified atom stereocenters. The van der Waals surface area contributed by atoms with E-state index >= 15 is 0 Å². The molecule has 2 aromatic rings. The van der Waals surface area contributed by atoms with Gasteiger partial charge in [-0.1, -0.05) is 0 Å². The van der Waals surface area contributed by atoms with Crippen molar-refractivity contribution >= 4 is 17.2 Å². The van der Waals surface area contributed by atoms with Crippen molar-refractivity contribution < 1.29 is 9.18 Å². The van der Waals surface area contributed by atoms with Crippen molar-refractivity contribution in [3.8, 4) is 10.6 Å². The van der Waals surface area contributed by atoms with Gasteiger partial charge in [0.2, 0.25) is 5.91 Å². The molecule has 0 radical (unpaired) electrons. The third kappa shape index (κ3) is 3.71. The van der Waals surface area contributed by atoms with Gasteiger partial charge in [-0.05, 0) is 49.9 Å². The van der Waals surface area contributed by atoms with Gasteiger partial charge in [-0.3, -0.25) is 4.79 Å². The third-order valence-corrected chi connectivity index (χ3v) is 4.89. The summed E-state index contributed by atoms with van der Waals surface area (Å²) in [6, 6.07) is 6.35. The van der Waals surface area contributed by atoms with Gasteiger partial charge in [0, 0.05) is 30.5 Å². The summed E-state index contributed by atoms with van der Waals surface area (Å²) in [5, 5.41) is 2.86. The molecule has 0 bridgehead atoms. The van der Waals surface area contributed by atoms with Crippen molar-refractivity contribution in [2.75, 3.05) is 13.1 Å². The molecular formula is C17H19FN2OS. The van der Waals surface area contributed by atoms with Gasteiger partial charge < -0.3 is 4.90 Å². The van der Waals surface area contributed by atoms with Crippen LogP contribution in [0.2, 0.25) is 0 Å². The second kappa shape index (κ2) is 7.01. The van der Waals surface area contributed by atoms with Crippen LogP contribution in [0.3, 0.4) is 0 Å². The van der Waals surface area contributed by atoms with E-state index in [0.717, 1.165) is 42.2 Å². The monoisotopic (exact) mass is 318 g/mol. The smallest absolute Gasteiger partial charge is 0.222 e. The molecule has 116 valence electrons. The Morgan fingerprint density at radius 2 is 1.91 bits per heavy atom. The van der Waals surface area contributed by atoms with Crippen molar-refractivity contribution in [2.24, 2.45) is 0 Å². The summed E-state index contributed by atoms with van der Waals surface area (Å²) in [6.45, 7) is 1.80. The maximum atomic E-state index is 12.9.